The molecule has 0 N–H and O–H groups in total. The van der Waals surface area contributed by atoms with E-state index in [1.165, 1.54) is 57.0 Å². The van der Waals surface area contributed by atoms with Crippen LogP contribution >= 0.6 is 0 Å². The summed E-state index contributed by atoms with van der Waals surface area (Å²) in [5.74, 6) is 4.16. The van der Waals surface area contributed by atoms with Crippen LogP contribution in [0.15, 0.2) is 110 Å². The third-order valence-electron chi connectivity index (χ3n) is 9.93. The molecule has 4 aromatic carbocycles. The monoisotopic (exact) mass is 674 g/mol. The Morgan fingerprint density at radius 3 is 2.12 bits per heavy atom. The molecule has 0 spiro atoms. The van der Waals surface area contributed by atoms with Gasteiger partial charge in [0.15, 0.2) is 0 Å². The Hall–Kier alpha value is -5.16. The second-order valence-corrected chi connectivity index (χ2v) is 15.2. The highest BCUT2D eigenvalue weighted by atomic mass is 16.5. The molecule has 0 aliphatic carbocycles. The van der Waals surface area contributed by atoms with Gasteiger partial charge in [-0.2, -0.15) is 5.10 Å². The van der Waals surface area contributed by atoms with E-state index in [0.29, 0.717) is 17.8 Å². The van der Waals surface area contributed by atoms with Gasteiger partial charge >= 0.3 is 0 Å². The van der Waals surface area contributed by atoms with Gasteiger partial charge in [0.2, 0.25) is 0 Å². The molecule has 5 heteroatoms. The third kappa shape index (κ3) is 7.35. The van der Waals surface area contributed by atoms with Gasteiger partial charge in [-0.3, -0.25) is 4.57 Å². The van der Waals surface area contributed by atoms with Crippen LogP contribution in [-0.4, -0.2) is 19.3 Å². The Balaban J connectivity index is 1.22. The average Bonchev–Trinajstić information content (AvgIpc) is 3.73. The molecule has 3 heterocycles. The Morgan fingerprint density at radius 2 is 1.39 bits per heavy atom. The lowest BCUT2D eigenvalue weighted by atomic mass is 9.87. The summed E-state index contributed by atoms with van der Waals surface area (Å²) in [5.41, 5.74) is 11.1. The van der Waals surface area contributed by atoms with Crippen molar-refractivity contribution in [3.8, 4) is 34.1 Å². The number of aryl methyl sites for hydroxylation is 3. The number of rotatable bonds is 12. The van der Waals surface area contributed by atoms with Crippen molar-refractivity contribution in [3.63, 3.8) is 0 Å². The van der Waals surface area contributed by atoms with Crippen molar-refractivity contribution >= 4 is 21.8 Å². The number of benzene rings is 4. The highest BCUT2D eigenvalue weighted by molar-refractivity contribution is 6.09. The van der Waals surface area contributed by atoms with E-state index in [-0.39, 0.29) is 0 Å². The van der Waals surface area contributed by atoms with Gasteiger partial charge in [-0.05, 0) is 115 Å². The van der Waals surface area contributed by atoms with Crippen LogP contribution in [0, 0.1) is 18.8 Å². The number of para-hydroxylation sites is 1. The minimum absolute atomic E-state index is 0.410. The molecule has 0 unspecified atom stereocenters. The number of hydrogen-bond acceptors (Lipinski definition) is 3. The van der Waals surface area contributed by atoms with Gasteiger partial charge in [0.05, 0.1) is 22.9 Å². The molecule has 0 aliphatic rings. The van der Waals surface area contributed by atoms with Crippen molar-refractivity contribution in [2.24, 2.45) is 11.8 Å². The number of fused-ring (bicyclic) bond motifs is 3. The lowest BCUT2D eigenvalue weighted by Crippen LogP contribution is -2.02. The Bertz CT molecular complexity index is 2270. The van der Waals surface area contributed by atoms with Crippen LogP contribution in [0.2, 0.25) is 0 Å². The summed E-state index contributed by atoms with van der Waals surface area (Å²) in [6.45, 7) is 15.9. The van der Waals surface area contributed by atoms with E-state index in [2.05, 4.69) is 138 Å². The Kier molecular flexibility index (Phi) is 9.82. The van der Waals surface area contributed by atoms with Gasteiger partial charge in [-0.25, -0.2) is 9.67 Å². The summed E-state index contributed by atoms with van der Waals surface area (Å²) in [6, 6.07) is 32.2. The maximum atomic E-state index is 6.57. The van der Waals surface area contributed by atoms with Gasteiger partial charge in [0.25, 0.3) is 0 Å². The van der Waals surface area contributed by atoms with Crippen molar-refractivity contribution in [2.75, 3.05) is 0 Å². The SMILES string of the molecule is Cc1cc(CCC(C)C)c(-c2cnn(-c3cccc(Oc4ccc5c6ccccc6n(-c6cc(C(C)C)ccn6)c5c4)c3)c2)c(CCC(C)C)c1. The summed E-state index contributed by atoms with van der Waals surface area (Å²) in [4.78, 5) is 4.81. The molecule has 0 amide bonds. The normalized spacial score (nSPS) is 11.9. The zero-order chi connectivity index (χ0) is 35.6. The summed E-state index contributed by atoms with van der Waals surface area (Å²) in [5, 5.41) is 7.25. The number of ether oxygens (including phenoxy) is 1. The zero-order valence-electron chi connectivity index (χ0n) is 31.1. The lowest BCUT2D eigenvalue weighted by molar-refractivity contribution is 0.483. The first-order chi connectivity index (χ1) is 24.6. The summed E-state index contributed by atoms with van der Waals surface area (Å²) in [6.07, 6.45) is 10.6. The first kappa shape index (κ1) is 34.3. The van der Waals surface area contributed by atoms with E-state index in [0.717, 1.165) is 46.9 Å². The van der Waals surface area contributed by atoms with Crippen LogP contribution in [0.3, 0.4) is 0 Å². The van der Waals surface area contributed by atoms with E-state index in [1.54, 1.807) is 0 Å². The molecule has 0 aliphatic heterocycles. The lowest BCUT2D eigenvalue weighted by Gasteiger charge is -2.17. The van der Waals surface area contributed by atoms with Crippen molar-refractivity contribution in [2.45, 2.75) is 80.1 Å². The van der Waals surface area contributed by atoms with E-state index in [1.807, 2.05) is 29.2 Å². The van der Waals surface area contributed by atoms with Crippen molar-refractivity contribution in [3.05, 3.63) is 132 Å². The number of aromatic nitrogens is 4. The molecule has 51 heavy (non-hydrogen) atoms. The fraction of sp³-hybridized carbons (Fsp3) is 0.304. The summed E-state index contributed by atoms with van der Waals surface area (Å²) in [7, 11) is 0. The molecule has 7 rings (SSSR count). The largest absolute Gasteiger partial charge is 0.457 e. The third-order valence-corrected chi connectivity index (χ3v) is 9.93. The number of hydrogen-bond donors (Lipinski definition) is 0. The van der Waals surface area contributed by atoms with Gasteiger partial charge in [0, 0.05) is 40.9 Å². The molecule has 7 aromatic rings. The molecule has 0 atom stereocenters. The molecule has 3 aromatic heterocycles. The Labute approximate surface area is 302 Å². The van der Waals surface area contributed by atoms with Gasteiger partial charge in [-0.15, -0.1) is 0 Å². The van der Waals surface area contributed by atoms with Crippen LogP contribution in [0.25, 0.3) is 44.4 Å². The molecular formula is C46H50N4O. The van der Waals surface area contributed by atoms with Gasteiger partial charge < -0.3 is 4.74 Å². The van der Waals surface area contributed by atoms with Crippen LogP contribution in [-0.2, 0) is 12.8 Å². The van der Waals surface area contributed by atoms with Crippen molar-refractivity contribution in [1.29, 1.82) is 0 Å². The minimum Gasteiger partial charge on any atom is -0.457 e. The van der Waals surface area contributed by atoms with E-state index < -0.39 is 0 Å². The molecule has 0 radical (unpaired) electrons. The maximum absolute atomic E-state index is 6.57. The molecular weight excluding hydrogens is 625 g/mol. The fourth-order valence-corrected chi connectivity index (χ4v) is 7.19. The smallest absolute Gasteiger partial charge is 0.137 e. The van der Waals surface area contributed by atoms with E-state index in [9.17, 15) is 0 Å². The quantitative estimate of drug-likeness (QED) is 0.130. The first-order valence-corrected chi connectivity index (χ1v) is 18.6. The second kappa shape index (κ2) is 14.6. The van der Waals surface area contributed by atoms with Crippen molar-refractivity contribution in [1.82, 2.24) is 19.3 Å². The van der Waals surface area contributed by atoms with E-state index in [4.69, 9.17) is 14.8 Å². The summed E-state index contributed by atoms with van der Waals surface area (Å²) < 4.78 is 10.8. The van der Waals surface area contributed by atoms with Crippen molar-refractivity contribution < 1.29 is 4.74 Å². The topological polar surface area (TPSA) is 44.9 Å². The molecule has 5 nitrogen and oxygen atoms in total. The maximum Gasteiger partial charge on any atom is 0.137 e. The summed E-state index contributed by atoms with van der Waals surface area (Å²) >= 11 is 0. The molecule has 0 bridgehead atoms. The zero-order valence-corrected chi connectivity index (χ0v) is 31.1. The molecule has 0 saturated heterocycles. The van der Waals surface area contributed by atoms with Crippen LogP contribution in [0.5, 0.6) is 11.5 Å². The Morgan fingerprint density at radius 1 is 0.686 bits per heavy atom. The second-order valence-electron chi connectivity index (χ2n) is 15.2. The van der Waals surface area contributed by atoms with Gasteiger partial charge in [-0.1, -0.05) is 83.5 Å². The number of nitrogens with zero attached hydrogens (tertiary/aromatic N) is 4. The standard InChI is InChI=1S/C46H50N4O/c1-30(2)15-17-35-23-33(7)24-36(18-16-31(3)4)46(35)37-28-48-49(29-37)38-11-10-12-39(26-38)51-40-19-20-42-41-13-8-9-14-43(41)50(44(42)27-40)45-25-34(32(5)6)21-22-47-45/h8-14,19-32H,15-18H2,1-7H3. The van der Waals surface area contributed by atoms with E-state index >= 15 is 0 Å². The fourth-order valence-electron chi connectivity index (χ4n) is 7.19. The minimum atomic E-state index is 0.410. The predicted molar refractivity (Wildman–Crippen MR) is 213 cm³/mol. The molecule has 0 fully saturated rings. The molecule has 0 saturated carbocycles. The van der Waals surface area contributed by atoms with Crippen LogP contribution < -0.4 is 4.74 Å². The van der Waals surface area contributed by atoms with Crippen LogP contribution in [0.4, 0.5) is 0 Å². The first-order valence-electron chi connectivity index (χ1n) is 18.6. The number of pyridine rings is 1. The average molecular weight is 675 g/mol. The van der Waals surface area contributed by atoms with Gasteiger partial charge in [0.1, 0.15) is 17.3 Å². The highest BCUT2D eigenvalue weighted by Gasteiger charge is 2.17. The highest BCUT2D eigenvalue weighted by Crippen LogP contribution is 2.36. The molecule has 260 valence electrons. The predicted octanol–water partition coefficient (Wildman–Crippen LogP) is 12.4. The van der Waals surface area contributed by atoms with Crippen LogP contribution in [0.1, 0.15) is 82.6 Å².